The van der Waals surface area contributed by atoms with Gasteiger partial charge < -0.3 is 9.64 Å². The molecular formula is C13H25NO. The molecule has 0 saturated carbocycles. The Morgan fingerprint density at radius 2 is 2.00 bits per heavy atom. The van der Waals surface area contributed by atoms with Crippen molar-refractivity contribution in [3.63, 3.8) is 0 Å². The molecule has 88 valence electrons. The van der Waals surface area contributed by atoms with Gasteiger partial charge in [-0.2, -0.15) is 0 Å². The highest BCUT2D eigenvalue weighted by Crippen LogP contribution is 2.07. The molecule has 0 amide bonds. The zero-order valence-corrected chi connectivity index (χ0v) is 10.3. The summed E-state index contributed by atoms with van der Waals surface area (Å²) in [5, 5.41) is 0. The van der Waals surface area contributed by atoms with Crippen molar-refractivity contribution in [3.05, 3.63) is 11.6 Å². The third kappa shape index (κ3) is 5.33. The fourth-order valence-electron chi connectivity index (χ4n) is 2.03. The van der Waals surface area contributed by atoms with E-state index in [4.69, 9.17) is 4.74 Å². The number of likely N-dealkylation sites (tertiary alicyclic amines) is 1. The van der Waals surface area contributed by atoms with Gasteiger partial charge in [-0.15, -0.1) is 0 Å². The molecule has 0 bridgehead atoms. The summed E-state index contributed by atoms with van der Waals surface area (Å²) in [5.74, 6) is 0. The van der Waals surface area contributed by atoms with Gasteiger partial charge in [0.25, 0.3) is 0 Å². The van der Waals surface area contributed by atoms with E-state index in [0.29, 0.717) is 0 Å². The van der Waals surface area contributed by atoms with Crippen molar-refractivity contribution in [2.24, 2.45) is 0 Å². The first kappa shape index (κ1) is 12.7. The monoisotopic (exact) mass is 211 g/mol. The van der Waals surface area contributed by atoms with Gasteiger partial charge in [0.2, 0.25) is 0 Å². The largest absolute Gasteiger partial charge is 0.380 e. The quantitative estimate of drug-likeness (QED) is 0.474. The molecule has 0 unspecified atom stereocenters. The first-order valence-corrected chi connectivity index (χ1v) is 6.31. The van der Waals surface area contributed by atoms with Crippen LogP contribution in [0.3, 0.4) is 0 Å². The molecule has 1 aliphatic heterocycles. The highest BCUT2D eigenvalue weighted by Gasteiger charge is 2.10. The second kappa shape index (κ2) is 7.89. The van der Waals surface area contributed by atoms with Crippen LogP contribution in [0, 0.1) is 0 Å². The summed E-state index contributed by atoms with van der Waals surface area (Å²) in [6, 6.07) is 0. The maximum Gasteiger partial charge on any atom is 0.0593 e. The summed E-state index contributed by atoms with van der Waals surface area (Å²) in [7, 11) is 0. The summed E-state index contributed by atoms with van der Waals surface area (Å²) >= 11 is 0. The average Bonchev–Trinajstić information content (AvgIpc) is 2.76. The summed E-state index contributed by atoms with van der Waals surface area (Å²) < 4.78 is 5.65. The van der Waals surface area contributed by atoms with Crippen molar-refractivity contribution >= 4 is 0 Å². The van der Waals surface area contributed by atoms with E-state index in [1.807, 2.05) is 0 Å². The van der Waals surface area contributed by atoms with E-state index in [2.05, 4.69) is 24.8 Å². The molecule has 0 aromatic heterocycles. The van der Waals surface area contributed by atoms with E-state index < -0.39 is 0 Å². The van der Waals surface area contributed by atoms with Crippen molar-refractivity contribution in [2.45, 2.75) is 39.5 Å². The summed E-state index contributed by atoms with van der Waals surface area (Å²) in [6.07, 6.45) is 7.22. The lowest BCUT2D eigenvalue weighted by Crippen LogP contribution is -2.24. The van der Waals surface area contributed by atoms with Gasteiger partial charge in [-0.3, -0.25) is 0 Å². The molecule has 0 aliphatic carbocycles. The van der Waals surface area contributed by atoms with Crippen molar-refractivity contribution in [2.75, 3.05) is 32.8 Å². The second-order valence-electron chi connectivity index (χ2n) is 4.21. The Morgan fingerprint density at radius 1 is 1.27 bits per heavy atom. The molecule has 0 aromatic rings. The Morgan fingerprint density at radius 3 is 2.60 bits per heavy atom. The van der Waals surface area contributed by atoms with E-state index in [0.717, 1.165) is 32.6 Å². The minimum Gasteiger partial charge on any atom is -0.380 e. The number of nitrogens with zero attached hydrogens (tertiary/aromatic N) is 1. The highest BCUT2D eigenvalue weighted by atomic mass is 16.5. The molecular weight excluding hydrogens is 186 g/mol. The predicted octanol–water partition coefficient (Wildman–Crippen LogP) is 2.85. The Kier molecular flexibility index (Phi) is 6.69. The lowest BCUT2D eigenvalue weighted by atomic mass is 10.1. The van der Waals surface area contributed by atoms with Gasteiger partial charge in [-0.25, -0.2) is 0 Å². The Balaban J connectivity index is 1.92. The van der Waals surface area contributed by atoms with Crippen LogP contribution in [-0.2, 0) is 4.74 Å². The summed E-state index contributed by atoms with van der Waals surface area (Å²) in [5.41, 5.74) is 1.51. The normalized spacial score (nSPS) is 18.7. The van der Waals surface area contributed by atoms with Gasteiger partial charge in [0.1, 0.15) is 0 Å². The summed E-state index contributed by atoms with van der Waals surface area (Å²) in [4.78, 5) is 2.50. The average molecular weight is 211 g/mol. The number of hydrogen-bond donors (Lipinski definition) is 0. The molecule has 1 heterocycles. The van der Waals surface area contributed by atoms with E-state index in [9.17, 15) is 0 Å². The maximum atomic E-state index is 5.65. The fourth-order valence-corrected chi connectivity index (χ4v) is 2.03. The zero-order chi connectivity index (χ0) is 10.9. The van der Waals surface area contributed by atoms with Crippen LogP contribution in [0.15, 0.2) is 11.6 Å². The third-order valence-corrected chi connectivity index (χ3v) is 3.18. The Hall–Kier alpha value is -0.340. The van der Waals surface area contributed by atoms with Gasteiger partial charge in [-0.05, 0) is 45.7 Å². The molecule has 15 heavy (non-hydrogen) atoms. The van der Waals surface area contributed by atoms with E-state index in [1.165, 1.54) is 31.5 Å². The van der Waals surface area contributed by atoms with E-state index in [-0.39, 0.29) is 0 Å². The predicted molar refractivity (Wildman–Crippen MR) is 65.2 cm³/mol. The molecule has 0 radical (unpaired) electrons. The summed E-state index contributed by atoms with van der Waals surface area (Å²) in [6.45, 7) is 9.79. The molecule has 1 fully saturated rings. The molecule has 1 saturated heterocycles. The minimum absolute atomic E-state index is 0.890. The number of rotatable bonds is 7. The zero-order valence-electron chi connectivity index (χ0n) is 10.3. The first-order valence-electron chi connectivity index (χ1n) is 6.31. The first-order chi connectivity index (χ1) is 7.36. The fraction of sp³-hybridized carbons (Fsp3) is 0.846. The van der Waals surface area contributed by atoms with Gasteiger partial charge in [0.15, 0.2) is 0 Å². The van der Waals surface area contributed by atoms with E-state index >= 15 is 0 Å². The molecule has 1 aliphatic rings. The molecule has 0 N–H and O–H groups in total. The van der Waals surface area contributed by atoms with Crippen molar-refractivity contribution < 1.29 is 4.74 Å². The van der Waals surface area contributed by atoms with Crippen LogP contribution in [0.5, 0.6) is 0 Å². The molecule has 2 heteroatoms. The number of hydrogen-bond acceptors (Lipinski definition) is 2. The van der Waals surface area contributed by atoms with Crippen LogP contribution >= 0.6 is 0 Å². The topological polar surface area (TPSA) is 12.5 Å². The second-order valence-corrected chi connectivity index (χ2v) is 4.21. The Bertz CT molecular complexity index is 183. The van der Waals surface area contributed by atoms with Crippen LogP contribution in [0.25, 0.3) is 0 Å². The lowest BCUT2D eigenvalue weighted by Gasteiger charge is -2.14. The molecule has 0 aromatic carbocycles. The van der Waals surface area contributed by atoms with Crippen LogP contribution in [0.4, 0.5) is 0 Å². The van der Waals surface area contributed by atoms with Crippen LogP contribution in [0.2, 0.25) is 0 Å². The van der Waals surface area contributed by atoms with Gasteiger partial charge in [0, 0.05) is 6.54 Å². The smallest absolute Gasteiger partial charge is 0.0593 e. The van der Waals surface area contributed by atoms with Gasteiger partial charge in [0.05, 0.1) is 13.2 Å². The number of allylic oxidation sites excluding steroid dienone is 1. The van der Waals surface area contributed by atoms with Crippen molar-refractivity contribution in [3.8, 4) is 0 Å². The molecule has 0 atom stereocenters. The highest BCUT2D eigenvalue weighted by molar-refractivity contribution is 4.98. The molecule has 0 spiro atoms. The molecule has 1 rings (SSSR count). The van der Waals surface area contributed by atoms with Crippen LogP contribution in [-0.4, -0.2) is 37.7 Å². The Labute approximate surface area is 94.3 Å². The standard InChI is InChI=1S/C13H25NO/c1-3-13(4-2)7-11-15-12-10-14-8-5-6-9-14/h3H,4-12H2,1-2H3/b13-3+. The number of ether oxygens (including phenoxy) is 1. The van der Waals surface area contributed by atoms with Gasteiger partial charge in [-0.1, -0.05) is 18.6 Å². The van der Waals surface area contributed by atoms with Gasteiger partial charge >= 0.3 is 0 Å². The van der Waals surface area contributed by atoms with E-state index in [1.54, 1.807) is 0 Å². The lowest BCUT2D eigenvalue weighted by molar-refractivity contribution is 0.113. The maximum absolute atomic E-state index is 5.65. The minimum atomic E-state index is 0.890. The van der Waals surface area contributed by atoms with Crippen LogP contribution in [0.1, 0.15) is 39.5 Å². The van der Waals surface area contributed by atoms with Crippen molar-refractivity contribution in [1.29, 1.82) is 0 Å². The van der Waals surface area contributed by atoms with Crippen molar-refractivity contribution in [1.82, 2.24) is 4.90 Å². The molecule has 2 nitrogen and oxygen atoms in total. The van der Waals surface area contributed by atoms with Crippen LogP contribution < -0.4 is 0 Å². The SMILES string of the molecule is C/C=C(\CC)CCOCCN1CCCC1. The third-order valence-electron chi connectivity index (χ3n) is 3.18.